The minimum absolute atomic E-state index is 0.0479. The summed E-state index contributed by atoms with van der Waals surface area (Å²) in [5.74, 6) is -0.709. The van der Waals surface area contributed by atoms with Gasteiger partial charge in [0.15, 0.2) is 0 Å². The molecular formula is C11H19NO3. The van der Waals surface area contributed by atoms with Crippen molar-refractivity contribution in [3.8, 4) is 0 Å². The van der Waals surface area contributed by atoms with Crippen LogP contribution in [0.1, 0.15) is 32.6 Å². The molecule has 1 N–H and O–H groups in total. The van der Waals surface area contributed by atoms with Gasteiger partial charge in [-0.15, -0.1) is 0 Å². The predicted octanol–water partition coefficient (Wildman–Crippen LogP) is 1.10. The van der Waals surface area contributed by atoms with E-state index in [9.17, 15) is 4.79 Å². The third-order valence-corrected chi connectivity index (χ3v) is 3.85. The molecule has 2 aliphatic heterocycles. The van der Waals surface area contributed by atoms with Gasteiger partial charge in [-0.05, 0) is 39.3 Å². The van der Waals surface area contributed by atoms with Gasteiger partial charge in [0, 0.05) is 6.61 Å². The molecule has 2 atom stereocenters. The lowest BCUT2D eigenvalue weighted by molar-refractivity contribution is -0.141. The summed E-state index contributed by atoms with van der Waals surface area (Å²) in [5, 5.41) is 9.03. The Morgan fingerprint density at radius 2 is 2.20 bits per heavy atom. The molecule has 0 aliphatic carbocycles. The summed E-state index contributed by atoms with van der Waals surface area (Å²) in [6, 6.07) is 0. The van der Waals surface area contributed by atoms with E-state index in [1.54, 1.807) is 0 Å². The largest absolute Gasteiger partial charge is 0.481 e. The Kier molecular flexibility index (Phi) is 2.98. The van der Waals surface area contributed by atoms with E-state index in [2.05, 4.69) is 4.90 Å². The van der Waals surface area contributed by atoms with Crippen LogP contribution in [-0.4, -0.2) is 47.3 Å². The smallest absolute Gasteiger partial charge is 0.305 e. The molecule has 0 amide bonds. The van der Waals surface area contributed by atoms with Crippen molar-refractivity contribution in [3.05, 3.63) is 0 Å². The molecule has 2 unspecified atom stereocenters. The van der Waals surface area contributed by atoms with E-state index in [0.717, 1.165) is 19.5 Å². The zero-order valence-corrected chi connectivity index (χ0v) is 9.24. The van der Waals surface area contributed by atoms with Crippen molar-refractivity contribution in [2.45, 2.75) is 44.2 Å². The Balaban J connectivity index is 2.17. The number of carboxylic acid groups (broad SMARTS) is 1. The molecule has 15 heavy (non-hydrogen) atoms. The van der Waals surface area contributed by atoms with Gasteiger partial charge >= 0.3 is 5.97 Å². The van der Waals surface area contributed by atoms with Gasteiger partial charge < -0.3 is 9.84 Å². The quantitative estimate of drug-likeness (QED) is 0.763. The fraction of sp³-hybridized carbons (Fsp3) is 0.909. The van der Waals surface area contributed by atoms with Gasteiger partial charge in [0.25, 0.3) is 0 Å². The van der Waals surface area contributed by atoms with E-state index in [1.807, 2.05) is 6.92 Å². The second-order valence-electron chi connectivity index (χ2n) is 4.63. The highest BCUT2D eigenvalue weighted by Crippen LogP contribution is 2.37. The molecule has 0 saturated carbocycles. The highest BCUT2D eigenvalue weighted by Gasteiger charge is 2.48. The number of ether oxygens (including phenoxy) is 1. The minimum atomic E-state index is -0.709. The van der Waals surface area contributed by atoms with E-state index in [-0.39, 0.29) is 18.1 Å². The molecule has 4 heteroatoms. The number of hydrogen-bond acceptors (Lipinski definition) is 3. The highest BCUT2D eigenvalue weighted by molar-refractivity contribution is 5.68. The monoisotopic (exact) mass is 213 g/mol. The van der Waals surface area contributed by atoms with Crippen LogP contribution in [0.15, 0.2) is 0 Å². The maximum Gasteiger partial charge on any atom is 0.305 e. The van der Waals surface area contributed by atoms with Crippen molar-refractivity contribution in [2.24, 2.45) is 0 Å². The number of carboxylic acids is 1. The summed E-state index contributed by atoms with van der Waals surface area (Å²) in [7, 11) is 0. The van der Waals surface area contributed by atoms with Crippen molar-refractivity contribution >= 4 is 5.97 Å². The Morgan fingerprint density at radius 1 is 1.53 bits per heavy atom. The topological polar surface area (TPSA) is 49.8 Å². The molecule has 0 aromatic heterocycles. The highest BCUT2D eigenvalue weighted by atomic mass is 16.5. The molecule has 86 valence electrons. The number of rotatable bonds is 3. The van der Waals surface area contributed by atoms with Gasteiger partial charge in [-0.25, -0.2) is 0 Å². The standard InChI is InChI=1S/C11H19NO3/c1-9-11(4-7-15-9,8-10(13)14)12-5-2-3-6-12/h9H,2-8H2,1H3,(H,13,14). The van der Waals surface area contributed by atoms with Gasteiger partial charge in [0.2, 0.25) is 0 Å². The molecule has 2 heterocycles. The Labute approximate surface area is 90.2 Å². The van der Waals surface area contributed by atoms with Crippen LogP contribution in [0.4, 0.5) is 0 Å². The van der Waals surface area contributed by atoms with Crippen LogP contribution < -0.4 is 0 Å². The van der Waals surface area contributed by atoms with Crippen LogP contribution in [0, 0.1) is 0 Å². The lowest BCUT2D eigenvalue weighted by Gasteiger charge is -2.39. The summed E-state index contributed by atoms with van der Waals surface area (Å²) in [4.78, 5) is 13.3. The summed E-state index contributed by atoms with van der Waals surface area (Å²) < 4.78 is 5.58. The second-order valence-corrected chi connectivity index (χ2v) is 4.63. The zero-order valence-electron chi connectivity index (χ0n) is 9.24. The average Bonchev–Trinajstić information content (AvgIpc) is 2.76. The maximum absolute atomic E-state index is 11.0. The molecule has 2 fully saturated rings. The summed E-state index contributed by atoms with van der Waals surface area (Å²) in [5.41, 5.74) is -0.234. The first-order chi connectivity index (χ1) is 7.15. The van der Waals surface area contributed by atoms with Crippen LogP contribution in [0.3, 0.4) is 0 Å². The predicted molar refractivity (Wildman–Crippen MR) is 55.8 cm³/mol. The zero-order chi connectivity index (χ0) is 10.9. The van der Waals surface area contributed by atoms with Crippen LogP contribution in [0.25, 0.3) is 0 Å². The molecule has 2 rings (SSSR count). The molecule has 0 spiro atoms. The average molecular weight is 213 g/mol. The SMILES string of the molecule is CC1OCCC1(CC(=O)O)N1CCCC1. The van der Waals surface area contributed by atoms with E-state index in [0.29, 0.717) is 6.61 Å². The Hall–Kier alpha value is -0.610. The molecule has 0 aromatic rings. The first-order valence-corrected chi connectivity index (χ1v) is 5.73. The maximum atomic E-state index is 11.0. The third kappa shape index (κ3) is 1.88. The Morgan fingerprint density at radius 3 is 2.67 bits per heavy atom. The summed E-state index contributed by atoms with van der Waals surface area (Å²) >= 11 is 0. The van der Waals surface area contributed by atoms with Gasteiger partial charge in [0.05, 0.1) is 18.1 Å². The number of likely N-dealkylation sites (tertiary alicyclic amines) is 1. The van der Waals surface area contributed by atoms with Crippen LogP contribution in [-0.2, 0) is 9.53 Å². The van der Waals surface area contributed by atoms with Crippen LogP contribution in [0.5, 0.6) is 0 Å². The molecule has 0 radical (unpaired) electrons. The molecule has 0 aromatic carbocycles. The molecule has 4 nitrogen and oxygen atoms in total. The number of carbonyl (C=O) groups is 1. The fourth-order valence-corrected chi connectivity index (χ4v) is 2.95. The van der Waals surface area contributed by atoms with Gasteiger partial charge in [-0.1, -0.05) is 0 Å². The Bertz CT molecular complexity index is 250. The van der Waals surface area contributed by atoms with Crippen LogP contribution in [0.2, 0.25) is 0 Å². The lowest BCUT2D eigenvalue weighted by Crippen LogP contribution is -2.53. The third-order valence-electron chi connectivity index (χ3n) is 3.85. The molecule has 2 saturated heterocycles. The van der Waals surface area contributed by atoms with E-state index in [4.69, 9.17) is 9.84 Å². The summed E-state index contributed by atoms with van der Waals surface area (Å²) in [6.45, 7) is 4.77. The number of hydrogen-bond donors (Lipinski definition) is 1. The van der Waals surface area contributed by atoms with E-state index >= 15 is 0 Å². The van der Waals surface area contributed by atoms with E-state index in [1.165, 1.54) is 12.8 Å². The normalized spacial score (nSPS) is 37.3. The minimum Gasteiger partial charge on any atom is -0.481 e. The van der Waals surface area contributed by atoms with Crippen molar-refractivity contribution < 1.29 is 14.6 Å². The molecular weight excluding hydrogens is 194 g/mol. The van der Waals surface area contributed by atoms with Crippen molar-refractivity contribution in [2.75, 3.05) is 19.7 Å². The van der Waals surface area contributed by atoms with Crippen molar-refractivity contribution in [3.63, 3.8) is 0 Å². The van der Waals surface area contributed by atoms with Gasteiger partial charge in [-0.2, -0.15) is 0 Å². The first-order valence-electron chi connectivity index (χ1n) is 5.73. The van der Waals surface area contributed by atoms with Crippen LogP contribution >= 0.6 is 0 Å². The first kappa shape index (κ1) is 10.9. The van der Waals surface area contributed by atoms with Crippen molar-refractivity contribution in [1.82, 2.24) is 4.90 Å². The lowest BCUT2D eigenvalue weighted by atomic mass is 9.86. The number of nitrogens with zero attached hydrogens (tertiary/aromatic N) is 1. The van der Waals surface area contributed by atoms with Crippen molar-refractivity contribution in [1.29, 1.82) is 0 Å². The molecule has 0 bridgehead atoms. The summed E-state index contributed by atoms with van der Waals surface area (Å²) in [6.07, 6.45) is 3.50. The van der Waals surface area contributed by atoms with Gasteiger partial charge in [0.1, 0.15) is 0 Å². The van der Waals surface area contributed by atoms with E-state index < -0.39 is 5.97 Å². The fourth-order valence-electron chi connectivity index (χ4n) is 2.95. The van der Waals surface area contributed by atoms with Gasteiger partial charge in [-0.3, -0.25) is 9.69 Å². The second kappa shape index (κ2) is 4.10. The number of aliphatic carboxylic acids is 1. The molecule has 2 aliphatic rings.